The molecule has 0 aliphatic carbocycles. The lowest BCUT2D eigenvalue weighted by Gasteiger charge is -2.22. The van der Waals surface area contributed by atoms with E-state index in [1.807, 2.05) is 42.2 Å². The van der Waals surface area contributed by atoms with Gasteiger partial charge in [0, 0.05) is 32.9 Å². The normalized spacial score (nSPS) is 17.7. The number of rotatable bonds is 7. The van der Waals surface area contributed by atoms with E-state index < -0.39 is 6.10 Å². The number of ether oxygens (including phenoxy) is 1. The summed E-state index contributed by atoms with van der Waals surface area (Å²) < 4.78 is 7.02. The maximum Gasteiger partial charge on any atom is 0.194 e. The average Bonchev–Trinajstić information content (AvgIpc) is 3.34. The zero-order valence-corrected chi connectivity index (χ0v) is 19.7. The van der Waals surface area contributed by atoms with Gasteiger partial charge in [-0.3, -0.25) is 9.67 Å². The Morgan fingerprint density at radius 2 is 2.14 bits per heavy atom. The fourth-order valence-electron chi connectivity index (χ4n) is 3.63. The molecule has 0 amide bonds. The maximum atomic E-state index is 10.5. The van der Waals surface area contributed by atoms with Gasteiger partial charge in [-0.2, -0.15) is 5.10 Å². The molecule has 3 rings (SSSR count). The highest BCUT2D eigenvalue weighted by Gasteiger charge is 2.25. The number of hydrogen-bond donors (Lipinski definition) is 2. The van der Waals surface area contributed by atoms with Crippen molar-refractivity contribution in [3.8, 4) is 5.75 Å². The molecule has 0 saturated carbocycles. The molecule has 1 aliphatic rings. The first-order valence-electron chi connectivity index (χ1n) is 9.91. The van der Waals surface area contributed by atoms with Crippen molar-refractivity contribution in [3.63, 3.8) is 0 Å². The largest absolute Gasteiger partial charge is 0.497 e. The highest BCUT2D eigenvalue weighted by atomic mass is 127. The SMILES string of the molecule is CCNC(=NCC(O)c1ccc(OC)cc1)N1CCC(Cc2cnn(C)c2)C1.I. The molecule has 1 aromatic carbocycles. The zero-order chi connectivity index (χ0) is 19.9. The standard InChI is InChI=1S/C21H31N5O2.HI/c1-4-22-21(23-13-20(27)18-5-7-19(28-3)8-6-18)26-10-9-16(15-26)11-17-12-24-25(2)14-17;/h5-8,12,14,16,20,27H,4,9-11,13,15H2,1-3H3,(H,22,23);1H. The summed E-state index contributed by atoms with van der Waals surface area (Å²) in [6, 6.07) is 7.48. The summed E-state index contributed by atoms with van der Waals surface area (Å²) in [7, 11) is 3.59. The smallest absolute Gasteiger partial charge is 0.194 e. The van der Waals surface area contributed by atoms with Crippen molar-refractivity contribution in [1.29, 1.82) is 0 Å². The molecule has 0 spiro atoms. The summed E-state index contributed by atoms with van der Waals surface area (Å²) in [5, 5.41) is 18.1. The third-order valence-electron chi connectivity index (χ3n) is 5.12. The Bertz CT molecular complexity index is 778. The van der Waals surface area contributed by atoms with Crippen molar-refractivity contribution in [3.05, 3.63) is 47.8 Å². The van der Waals surface area contributed by atoms with Gasteiger partial charge >= 0.3 is 0 Å². The highest BCUT2D eigenvalue weighted by Crippen LogP contribution is 2.22. The summed E-state index contributed by atoms with van der Waals surface area (Å²) in [6.45, 7) is 5.16. The Hall–Kier alpha value is -1.81. The van der Waals surface area contributed by atoms with Crippen LogP contribution in [0.3, 0.4) is 0 Å². The molecule has 7 nitrogen and oxygen atoms in total. The number of aryl methyl sites for hydroxylation is 1. The molecule has 2 unspecified atom stereocenters. The number of nitrogens with one attached hydrogen (secondary N) is 1. The van der Waals surface area contributed by atoms with Gasteiger partial charge in [0.25, 0.3) is 0 Å². The lowest BCUT2D eigenvalue weighted by molar-refractivity contribution is 0.186. The lowest BCUT2D eigenvalue weighted by atomic mass is 10.0. The molecule has 2 N–H and O–H groups in total. The first-order chi connectivity index (χ1) is 13.6. The molecule has 8 heteroatoms. The van der Waals surface area contributed by atoms with E-state index in [2.05, 4.69) is 28.4 Å². The second kappa shape index (κ2) is 11.4. The van der Waals surface area contributed by atoms with Crippen LogP contribution in [0.1, 0.15) is 30.6 Å². The molecule has 29 heavy (non-hydrogen) atoms. The van der Waals surface area contributed by atoms with Crippen molar-refractivity contribution >= 4 is 29.9 Å². The summed E-state index contributed by atoms with van der Waals surface area (Å²) in [5.41, 5.74) is 2.13. The number of likely N-dealkylation sites (tertiary alicyclic amines) is 1. The van der Waals surface area contributed by atoms with Crippen molar-refractivity contribution in [2.24, 2.45) is 18.0 Å². The predicted molar refractivity (Wildman–Crippen MR) is 126 cm³/mol. The molecule has 1 aromatic heterocycles. The van der Waals surface area contributed by atoms with E-state index in [9.17, 15) is 5.11 Å². The number of benzene rings is 1. The number of methoxy groups -OCH3 is 1. The van der Waals surface area contributed by atoms with Gasteiger partial charge in [-0.25, -0.2) is 0 Å². The van der Waals surface area contributed by atoms with Crippen LogP contribution in [0.4, 0.5) is 0 Å². The lowest BCUT2D eigenvalue weighted by Crippen LogP contribution is -2.40. The fraction of sp³-hybridized carbons (Fsp3) is 0.524. The molecule has 1 aliphatic heterocycles. The van der Waals surface area contributed by atoms with Gasteiger partial charge in [0.15, 0.2) is 5.96 Å². The van der Waals surface area contributed by atoms with Crippen LogP contribution in [0.5, 0.6) is 5.75 Å². The Kier molecular flexibility index (Phi) is 9.22. The van der Waals surface area contributed by atoms with Crippen molar-refractivity contribution in [1.82, 2.24) is 20.0 Å². The molecule has 1 saturated heterocycles. The minimum absolute atomic E-state index is 0. The van der Waals surface area contributed by atoms with E-state index in [-0.39, 0.29) is 24.0 Å². The molecule has 1 fully saturated rings. The Balaban J connectivity index is 0.00000300. The van der Waals surface area contributed by atoms with Crippen LogP contribution in [-0.2, 0) is 13.5 Å². The molecule has 2 atom stereocenters. The van der Waals surface area contributed by atoms with Crippen LogP contribution in [-0.4, -0.2) is 59.0 Å². The molecule has 160 valence electrons. The second-order valence-corrected chi connectivity index (χ2v) is 7.31. The van der Waals surface area contributed by atoms with E-state index in [0.717, 1.165) is 49.7 Å². The molecular formula is C21H32IN5O2. The van der Waals surface area contributed by atoms with E-state index >= 15 is 0 Å². The quantitative estimate of drug-likeness (QED) is 0.339. The number of aliphatic imine (C=N–C) groups is 1. The minimum atomic E-state index is -0.631. The summed E-state index contributed by atoms with van der Waals surface area (Å²) >= 11 is 0. The molecule has 0 radical (unpaired) electrons. The van der Waals surface area contributed by atoms with E-state index in [4.69, 9.17) is 9.73 Å². The van der Waals surface area contributed by atoms with Gasteiger partial charge in [-0.15, -0.1) is 24.0 Å². The number of nitrogens with zero attached hydrogens (tertiary/aromatic N) is 4. The van der Waals surface area contributed by atoms with Crippen LogP contribution in [0.25, 0.3) is 0 Å². The Morgan fingerprint density at radius 3 is 2.76 bits per heavy atom. The van der Waals surface area contributed by atoms with E-state index in [0.29, 0.717) is 12.5 Å². The molecule has 2 heterocycles. The van der Waals surface area contributed by atoms with Crippen LogP contribution in [0.2, 0.25) is 0 Å². The van der Waals surface area contributed by atoms with Crippen molar-refractivity contribution in [2.75, 3.05) is 33.3 Å². The van der Waals surface area contributed by atoms with Gasteiger partial charge in [-0.1, -0.05) is 12.1 Å². The number of guanidine groups is 1. The maximum absolute atomic E-state index is 10.5. The van der Waals surface area contributed by atoms with Gasteiger partial charge < -0.3 is 20.1 Å². The number of halogens is 1. The topological polar surface area (TPSA) is 74.9 Å². The summed E-state index contributed by atoms with van der Waals surface area (Å²) in [6.07, 6.45) is 5.59. The zero-order valence-electron chi connectivity index (χ0n) is 17.4. The first-order valence-corrected chi connectivity index (χ1v) is 9.91. The first kappa shape index (κ1) is 23.5. The summed E-state index contributed by atoms with van der Waals surface area (Å²) in [5.74, 6) is 2.26. The van der Waals surface area contributed by atoms with Crippen molar-refractivity contribution in [2.45, 2.75) is 25.9 Å². The van der Waals surface area contributed by atoms with Crippen molar-refractivity contribution < 1.29 is 9.84 Å². The number of aliphatic hydroxyl groups excluding tert-OH is 1. The van der Waals surface area contributed by atoms with Crippen LogP contribution < -0.4 is 10.1 Å². The third-order valence-corrected chi connectivity index (χ3v) is 5.12. The van der Waals surface area contributed by atoms with Gasteiger partial charge in [-0.05, 0) is 48.9 Å². The number of aliphatic hydroxyl groups is 1. The molecule has 2 aromatic rings. The molecular weight excluding hydrogens is 481 g/mol. The highest BCUT2D eigenvalue weighted by molar-refractivity contribution is 14.0. The van der Waals surface area contributed by atoms with E-state index in [1.54, 1.807) is 7.11 Å². The Labute approximate surface area is 190 Å². The average molecular weight is 513 g/mol. The van der Waals surface area contributed by atoms with Gasteiger partial charge in [0.05, 0.1) is 26.0 Å². The third kappa shape index (κ3) is 6.60. The second-order valence-electron chi connectivity index (χ2n) is 7.31. The monoisotopic (exact) mass is 513 g/mol. The van der Waals surface area contributed by atoms with Gasteiger partial charge in [0.1, 0.15) is 5.75 Å². The molecule has 0 bridgehead atoms. The van der Waals surface area contributed by atoms with Crippen LogP contribution in [0, 0.1) is 5.92 Å². The predicted octanol–water partition coefficient (Wildman–Crippen LogP) is 2.61. The summed E-state index contributed by atoms with van der Waals surface area (Å²) in [4.78, 5) is 6.99. The Morgan fingerprint density at radius 1 is 1.38 bits per heavy atom. The van der Waals surface area contributed by atoms with E-state index in [1.165, 1.54) is 5.56 Å². The number of hydrogen-bond acceptors (Lipinski definition) is 4. The van der Waals surface area contributed by atoms with Crippen LogP contribution in [0.15, 0.2) is 41.7 Å². The number of aromatic nitrogens is 2. The van der Waals surface area contributed by atoms with Gasteiger partial charge in [0.2, 0.25) is 0 Å². The fourth-order valence-corrected chi connectivity index (χ4v) is 3.63. The minimum Gasteiger partial charge on any atom is -0.497 e. The van der Waals surface area contributed by atoms with Crippen LogP contribution >= 0.6 is 24.0 Å².